The molecule has 0 radical (unpaired) electrons. The van der Waals surface area contributed by atoms with E-state index in [-0.39, 0.29) is 16.7 Å². The zero-order chi connectivity index (χ0) is 14.5. The van der Waals surface area contributed by atoms with Crippen molar-refractivity contribution in [3.8, 4) is 0 Å². The maximum atomic E-state index is 11.8. The van der Waals surface area contributed by atoms with Crippen molar-refractivity contribution in [2.24, 2.45) is 0 Å². The number of aromatic nitrogens is 1. The van der Waals surface area contributed by atoms with Gasteiger partial charge in [0, 0.05) is 10.7 Å². The first-order valence-corrected chi connectivity index (χ1v) is 7.97. The fourth-order valence-electron chi connectivity index (χ4n) is 1.35. The van der Waals surface area contributed by atoms with Gasteiger partial charge in [0.15, 0.2) is 0 Å². The van der Waals surface area contributed by atoms with Gasteiger partial charge in [0.1, 0.15) is 0 Å². The molecule has 2 heterocycles. The third-order valence-corrected chi connectivity index (χ3v) is 4.60. The number of thioether (sulfide) groups is 1. The van der Waals surface area contributed by atoms with E-state index < -0.39 is 4.92 Å². The maximum absolute atomic E-state index is 11.8. The van der Waals surface area contributed by atoms with E-state index in [4.69, 9.17) is 0 Å². The predicted octanol–water partition coefficient (Wildman–Crippen LogP) is 3.54. The number of amides is 1. The summed E-state index contributed by atoms with van der Waals surface area (Å²) in [5.74, 6) is -0.139. The summed E-state index contributed by atoms with van der Waals surface area (Å²) in [5.41, 5.74) is 0.574. The molecule has 0 saturated carbocycles. The van der Waals surface area contributed by atoms with Gasteiger partial charge in [-0.2, -0.15) is 0 Å². The molecule has 0 unspecified atom stereocenters. The summed E-state index contributed by atoms with van der Waals surface area (Å²) >= 11 is 5.44. The van der Waals surface area contributed by atoms with Crippen molar-refractivity contribution in [2.75, 3.05) is 11.1 Å². The number of halogens is 1. The van der Waals surface area contributed by atoms with E-state index in [0.29, 0.717) is 10.6 Å². The van der Waals surface area contributed by atoms with Crippen LogP contribution in [0.5, 0.6) is 0 Å². The molecular weight excluding hydrogens is 366 g/mol. The number of nitrogens with one attached hydrogen (secondary N) is 1. The Morgan fingerprint density at radius 3 is 3.05 bits per heavy atom. The Bertz CT molecular complexity index is 647. The van der Waals surface area contributed by atoms with E-state index in [2.05, 4.69) is 26.2 Å². The molecule has 6 nitrogen and oxygen atoms in total. The molecule has 9 heteroatoms. The van der Waals surface area contributed by atoms with Crippen LogP contribution in [0.3, 0.4) is 0 Å². The van der Waals surface area contributed by atoms with Gasteiger partial charge in [-0.05, 0) is 33.4 Å². The van der Waals surface area contributed by atoms with Gasteiger partial charge >= 0.3 is 5.00 Å². The van der Waals surface area contributed by atoms with Crippen LogP contribution in [0, 0.1) is 10.1 Å². The minimum Gasteiger partial charge on any atom is -0.324 e. The lowest BCUT2D eigenvalue weighted by Gasteiger charge is -2.04. The molecule has 104 valence electrons. The molecule has 2 aromatic heterocycles. The second-order valence-corrected chi connectivity index (χ2v) is 6.40. The van der Waals surface area contributed by atoms with E-state index in [1.807, 2.05) is 0 Å². The molecule has 0 aliphatic rings. The van der Waals surface area contributed by atoms with Gasteiger partial charge in [-0.3, -0.25) is 19.9 Å². The minimum absolute atomic E-state index is 0.0620. The molecule has 1 N–H and O–H groups in total. The summed E-state index contributed by atoms with van der Waals surface area (Å²) in [6.45, 7) is 0. The van der Waals surface area contributed by atoms with Gasteiger partial charge in [-0.15, -0.1) is 11.8 Å². The van der Waals surface area contributed by atoms with Gasteiger partial charge in [0.05, 0.1) is 27.5 Å². The lowest BCUT2D eigenvalue weighted by Crippen LogP contribution is -2.14. The van der Waals surface area contributed by atoms with Gasteiger partial charge in [-0.1, -0.05) is 11.3 Å². The quantitative estimate of drug-likeness (QED) is 0.492. The van der Waals surface area contributed by atoms with Crippen molar-refractivity contribution in [1.82, 2.24) is 4.98 Å². The molecule has 0 atom stereocenters. The van der Waals surface area contributed by atoms with Crippen molar-refractivity contribution >= 4 is 55.6 Å². The normalized spacial score (nSPS) is 10.2. The Kier molecular flexibility index (Phi) is 5.10. The van der Waals surface area contributed by atoms with E-state index in [1.54, 1.807) is 23.7 Å². The number of hydrogen-bond donors (Lipinski definition) is 1. The summed E-state index contributed by atoms with van der Waals surface area (Å²) < 4.78 is 0.761. The van der Waals surface area contributed by atoms with Crippen LogP contribution in [0.25, 0.3) is 0 Å². The fourth-order valence-corrected chi connectivity index (χ4v) is 3.45. The number of hydrogen-bond acceptors (Lipinski definition) is 6. The number of nitro groups is 1. The molecule has 20 heavy (non-hydrogen) atoms. The van der Waals surface area contributed by atoms with Crippen molar-refractivity contribution in [2.45, 2.75) is 4.90 Å². The molecule has 1 amide bonds. The average molecular weight is 374 g/mol. The van der Waals surface area contributed by atoms with Gasteiger partial charge in [0.25, 0.3) is 0 Å². The van der Waals surface area contributed by atoms with Crippen LogP contribution in [0.1, 0.15) is 0 Å². The number of rotatable bonds is 5. The van der Waals surface area contributed by atoms with E-state index >= 15 is 0 Å². The standard InChI is InChI=1S/C11H8BrN3O3S2/c12-7-3-8(5-13-4-7)14-10(16)6-20-9-1-2-19-11(9)15(17)18/h1-5H,6H2,(H,14,16). The van der Waals surface area contributed by atoms with Crippen molar-refractivity contribution < 1.29 is 9.72 Å². The third-order valence-electron chi connectivity index (χ3n) is 2.12. The Balaban J connectivity index is 1.92. The number of anilines is 1. The number of thiophene rings is 1. The molecule has 2 rings (SSSR count). The molecule has 0 fully saturated rings. The second-order valence-electron chi connectivity index (χ2n) is 3.58. The number of nitrogens with zero attached hydrogens (tertiary/aromatic N) is 2. The highest BCUT2D eigenvalue weighted by molar-refractivity contribution is 9.10. The van der Waals surface area contributed by atoms with Crippen LogP contribution in [-0.4, -0.2) is 21.6 Å². The van der Waals surface area contributed by atoms with E-state index in [1.165, 1.54) is 6.20 Å². The summed E-state index contributed by atoms with van der Waals surface area (Å²) in [6, 6.07) is 3.37. The summed E-state index contributed by atoms with van der Waals surface area (Å²) in [4.78, 5) is 26.5. The molecule has 0 saturated heterocycles. The first kappa shape index (κ1) is 14.9. The van der Waals surface area contributed by atoms with Crippen LogP contribution >= 0.6 is 39.0 Å². The zero-order valence-electron chi connectivity index (χ0n) is 9.91. The van der Waals surface area contributed by atoms with E-state index in [0.717, 1.165) is 27.6 Å². The lowest BCUT2D eigenvalue weighted by atomic mass is 10.4. The Hall–Kier alpha value is -1.45. The molecule has 0 spiro atoms. The molecule has 0 bridgehead atoms. The summed E-state index contributed by atoms with van der Waals surface area (Å²) in [6.07, 6.45) is 3.14. The van der Waals surface area contributed by atoms with Gasteiger partial charge in [-0.25, -0.2) is 0 Å². The Labute approximate surface area is 130 Å². The van der Waals surface area contributed by atoms with Gasteiger partial charge < -0.3 is 5.32 Å². The Morgan fingerprint density at radius 1 is 1.55 bits per heavy atom. The lowest BCUT2D eigenvalue weighted by molar-refractivity contribution is -0.382. The predicted molar refractivity (Wildman–Crippen MR) is 82.3 cm³/mol. The van der Waals surface area contributed by atoms with Crippen molar-refractivity contribution in [3.05, 3.63) is 44.5 Å². The topological polar surface area (TPSA) is 85.1 Å². The molecule has 0 aromatic carbocycles. The monoisotopic (exact) mass is 373 g/mol. The highest BCUT2D eigenvalue weighted by atomic mass is 79.9. The fraction of sp³-hybridized carbons (Fsp3) is 0.0909. The Morgan fingerprint density at radius 2 is 2.35 bits per heavy atom. The summed E-state index contributed by atoms with van der Waals surface area (Å²) in [7, 11) is 0. The second kappa shape index (κ2) is 6.82. The molecule has 0 aliphatic carbocycles. The van der Waals surface area contributed by atoms with Crippen molar-refractivity contribution in [3.63, 3.8) is 0 Å². The summed E-state index contributed by atoms with van der Waals surface area (Å²) in [5, 5.41) is 15.1. The van der Waals surface area contributed by atoms with Crippen LogP contribution in [-0.2, 0) is 4.79 Å². The first-order valence-electron chi connectivity index (χ1n) is 5.31. The third kappa shape index (κ3) is 4.02. The SMILES string of the molecule is O=C(CSc1ccsc1[N+](=O)[O-])Nc1cncc(Br)c1. The number of carbonyl (C=O) groups is 1. The average Bonchev–Trinajstić information content (AvgIpc) is 2.85. The number of carbonyl (C=O) groups excluding carboxylic acids is 1. The zero-order valence-corrected chi connectivity index (χ0v) is 13.1. The minimum atomic E-state index is -0.441. The largest absolute Gasteiger partial charge is 0.337 e. The first-order chi connectivity index (χ1) is 9.56. The van der Waals surface area contributed by atoms with E-state index in [9.17, 15) is 14.9 Å². The highest BCUT2D eigenvalue weighted by Gasteiger charge is 2.16. The van der Waals surface area contributed by atoms with Crippen LogP contribution in [0.4, 0.5) is 10.7 Å². The smallest absolute Gasteiger partial charge is 0.324 e. The highest BCUT2D eigenvalue weighted by Crippen LogP contribution is 2.34. The number of pyridine rings is 1. The van der Waals surface area contributed by atoms with Crippen molar-refractivity contribution in [1.29, 1.82) is 0 Å². The molecular formula is C11H8BrN3O3S2. The van der Waals surface area contributed by atoms with Crippen LogP contribution < -0.4 is 5.32 Å². The molecule has 2 aromatic rings. The van der Waals surface area contributed by atoms with Crippen LogP contribution in [0.2, 0.25) is 0 Å². The van der Waals surface area contributed by atoms with Gasteiger partial charge in [0.2, 0.25) is 5.91 Å². The maximum Gasteiger partial charge on any atom is 0.337 e. The van der Waals surface area contributed by atoms with Crippen LogP contribution in [0.15, 0.2) is 39.3 Å². The molecule has 0 aliphatic heterocycles.